The van der Waals surface area contributed by atoms with Crippen molar-refractivity contribution in [3.8, 4) is 17.2 Å². The van der Waals surface area contributed by atoms with E-state index in [2.05, 4.69) is 15.9 Å². The van der Waals surface area contributed by atoms with Crippen LogP contribution in [0.25, 0.3) is 6.08 Å². The summed E-state index contributed by atoms with van der Waals surface area (Å²) in [6.45, 7) is 4.82. The molecule has 186 valence electrons. The number of ether oxygens (including phenoxy) is 3. The average Bonchev–Trinajstić information content (AvgIpc) is 3.13. The van der Waals surface area contributed by atoms with Gasteiger partial charge in [-0.2, -0.15) is 0 Å². The minimum Gasteiger partial charge on any atom is -0.493 e. The molecule has 36 heavy (non-hydrogen) atoms. The summed E-state index contributed by atoms with van der Waals surface area (Å²) in [7, 11) is 1.56. The van der Waals surface area contributed by atoms with Crippen LogP contribution in [-0.2, 0) is 11.4 Å². The second-order valence-corrected chi connectivity index (χ2v) is 10.1. The normalized spacial score (nSPS) is 14.4. The number of rotatable bonds is 9. The van der Waals surface area contributed by atoms with Crippen LogP contribution in [0.4, 0.5) is 4.79 Å². The third kappa shape index (κ3) is 6.30. The van der Waals surface area contributed by atoms with Crippen LogP contribution in [-0.4, -0.2) is 36.3 Å². The molecule has 0 spiro atoms. The molecule has 1 saturated heterocycles. The van der Waals surface area contributed by atoms with Crippen LogP contribution in [0, 0.1) is 13.8 Å². The molecule has 1 aliphatic heterocycles. The molecule has 1 fully saturated rings. The highest BCUT2D eigenvalue weighted by Gasteiger charge is 2.35. The summed E-state index contributed by atoms with van der Waals surface area (Å²) in [6, 6.07) is 19.3. The van der Waals surface area contributed by atoms with Crippen molar-refractivity contribution in [1.82, 2.24) is 4.90 Å². The molecule has 0 saturated carbocycles. The van der Waals surface area contributed by atoms with Crippen LogP contribution in [0.1, 0.15) is 22.3 Å². The Kier molecular flexibility index (Phi) is 8.38. The van der Waals surface area contributed by atoms with Gasteiger partial charge in [-0.1, -0.05) is 63.5 Å². The van der Waals surface area contributed by atoms with Gasteiger partial charge in [0, 0.05) is 4.47 Å². The van der Waals surface area contributed by atoms with Crippen molar-refractivity contribution < 1.29 is 23.8 Å². The standard InChI is InChI=1S/C28H26BrNO5S/c1-18-4-8-20(9-5-18)17-35-25-16-23(29)21(14-24(25)33-3)15-26-27(31)30(28(32)36-26)12-13-34-22-10-6-19(2)7-11-22/h4-11,14-16H,12-13,17H2,1-3H3/b26-15-. The predicted molar refractivity (Wildman–Crippen MR) is 146 cm³/mol. The van der Waals surface area contributed by atoms with Gasteiger partial charge in [0.05, 0.1) is 18.6 Å². The van der Waals surface area contributed by atoms with E-state index >= 15 is 0 Å². The fourth-order valence-electron chi connectivity index (χ4n) is 3.50. The Bertz CT molecular complexity index is 1290. The van der Waals surface area contributed by atoms with Gasteiger partial charge >= 0.3 is 0 Å². The zero-order chi connectivity index (χ0) is 25.7. The van der Waals surface area contributed by atoms with E-state index in [9.17, 15) is 9.59 Å². The van der Waals surface area contributed by atoms with Gasteiger partial charge in [0.2, 0.25) is 0 Å². The van der Waals surface area contributed by atoms with Crippen LogP contribution < -0.4 is 14.2 Å². The highest BCUT2D eigenvalue weighted by Crippen LogP contribution is 2.38. The summed E-state index contributed by atoms with van der Waals surface area (Å²) in [6.07, 6.45) is 1.68. The maximum atomic E-state index is 12.9. The van der Waals surface area contributed by atoms with Crippen LogP contribution in [0.15, 0.2) is 70.0 Å². The van der Waals surface area contributed by atoms with Gasteiger partial charge in [-0.3, -0.25) is 14.5 Å². The summed E-state index contributed by atoms with van der Waals surface area (Å²) >= 11 is 4.47. The number of benzene rings is 3. The third-order valence-electron chi connectivity index (χ3n) is 5.56. The van der Waals surface area contributed by atoms with E-state index in [0.717, 1.165) is 27.4 Å². The number of thioether (sulfide) groups is 1. The molecular weight excluding hydrogens is 542 g/mol. The number of amides is 2. The first-order chi connectivity index (χ1) is 17.3. The molecule has 0 unspecified atom stereocenters. The number of imide groups is 1. The van der Waals surface area contributed by atoms with Gasteiger partial charge in [0.1, 0.15) is 19.0 Å². The molecule has 0 radical (unpaired) electrons. The molecule has 0 aromatic heterocycles. The van der Waals surface area contributed by atoms with E-state index in [4.69, 9.17) is 14.2 Å². The number of aryl methyl sites for hydroxylation is 2. The van der Waals surface area contributed by atoms with Crippen LogP contribution in [0.3, 0.4) is 0 Å². The number of carbonyl (C=O) groups is 2. The molecule has 4 rings (SSSR count). The van der Waals surface area contributed by atoms with Crippen molar-refractivity contribution in [2.24, 2.45) is 0 Å². The topological polar surface area (TPSA) is 65.1 Å². The Morgan fingerprint density at radius 2 is 1.58 bits per heavy atom. The van der Waals surface area contributed by atoms with Gasteiger partial charge in [0.25, 0.3) is 11.1 Å². The molecule has 3 aromatic rings. The third-order valence-corrected chi connectivity index (χ3v) is 7.16. The van der Waals surface area contributed by atoms with Crippen LogP contribution >= 0.6 is 27.7 Å². The van der Waals surface area contributed by atoms with E-state index in [-0.39, 0.29) is 24.3 Å². The molecule has 6 nitrogen and oxygen atoms in total. The second kappa shape index (κ2) is 11.7. The number of methoxy groups -OCH3 is 1. The lowest BCUT2D eigenvalue weighted by atomic mass is 10.1. The largest absolute Gasteiger partial charge is 0.493 e. The maximum Gasteiger partial charge on any atom is 0.293 e. The maximum absolute atomic E-state index is 12.9. The fourth-order valence-corrected chi connectivity index (χ4v) is 4.80. The molecular formula is C28H26BrNO5S. The van der Waals surface area contributed by atoms with Gasteiger partial charge in [0.15, 0.2) is 11.5 Å². The van der Waals surface area contributed by atoms with Crippen LogP contribution in [0.5, 0.6) is 17.2 Å². The first-order valence-corrected chi connectivity index (χ1v) is 13.0. The Balaban J connectivity index is 1.43. The highest BCUT2D eigenvalue weighted by molar-refractivity contribution is 9.10. The SMILES string of the molecule is COc1cc(/C=C2\SC(=O)N(CCOc3ccc(C)cc3)C2=O)c(Br)cc1OCc1ccc(C)cc1. The number of halogens is 1. The first-order valence-electron chi connectivity index (χ1n) is 11.3. The van der Waals surface area contributed by atoms with E-state index < -0.39 is 0 Å². The highest BCUT2D eigenvalue weighted by atomic mass is 79.9. The Hall–Kier alpha value is -3.23. The predicted octanol–water partition coefficient (Wildman–Crippen LogP) is 6.77. The van der Waals surface area contributed by atoms with Gasteiger partial charge < -0.3 is 14.2 Å². The second-order valence-electron chi connectivity index (χ2n) is 8.29. The molecule has 0 aliphatic carbocycles. The lowest BCUT2D eigenvalue weighted by Crippen LogP contribution is -2.32. The van der Waals surface area contributed by atoms with Crippen molar-refractivity contribution in [1.29, 1.82) is 0 Å². The Labute approximate surface area is 223 Å². The zero-order valence-electron chi connectivity index (χ0n) is 20.2. The molecule has 1 heterocycles. The summed E-state index contributed by atoms with van der Waals surface area (Å²) in [5, 5.41) is -0.320. The molecule has 0 bridgehead atoms. The summed E-state index contributed by atoms with van der Waals surface area (Å²) in [5.74, 6) is 1.46. The fraction of sp³-hybridized carbons (Fsp3) is 0.214. The molecule has 2 amide bonds. The molecule has 1 aliphatic rings. The lowest BCUT2D eigenvalue weighted by Gasteiger charge is -2.14. The van der Waals surface area contributed by atoms with Crippen molar-refractivity contribution in [3.63, 3.8) is 0 Å². The molecule has 3 aromatic carbocycles. The molecule has 8 heteroatoms. The van der Waals surface area contributed by atoms with Crippen molar-refractivity contribution in [2.75, 3.05) is 20.3 Å². The van der Waals surface area contributed by atoms with E-state index in [1.54, 1.807) is 25.3 Å². The average molecular weight is 568 g/mol. The smallest absolute Gasteiger partial charge is 0.293 e. The van der Waals surface area contributed by atoms with Crippen LogP contribution in [0.2, 0.25) is 0 Å². The minimum absolute atomic E-state index is 0.173. The zero-order valence-corrected chi connectivity index (χ0v) is 22.6. The number of hydrogen-bond acceptors (Lipinski definition) is 6. The van der Waals surface area contributed by atoms with Gasteiger partial charge in [-0.05, 0) is 67.1 Å². The first kappa shape index (κ1) is 25.9. The van der Waals surface area contributed by atoms with Crippen molar-refractivity contribution in [3.05, 3.63) is 92.3 Å². The molecule has 0 N–H and O–H groups in total. The summed E-state index contributed by atoms with van der Waals surface area (Å²) < 4.78 is 17.9. The monoisotopic (exact) mass is 567 g/mol. The summed E-state index contributed by atoms with van der Waals surface area (Å²) in [4.78, 5) is 26.9. The lowest BCUT2D eigenvalue weighted by molar-refractivity contribution is -0.123. The summed E-state index contributed by atoms with van der Waals surface area (Å²) in [5.41, 5.74) is 4.07. The quantitative estimate of drug-likeness (QED) is 0.266. The number of nitrogens with zero attached hydrogens (tertiary/aromatic N) is 1. The minimum atomic E-state index is -0.344. The Morgan fingerprint density at radius 1 is 0.917 bits per heavy atom. The number of hydrogen-bond donors (Lipinski definition) is 0. The van der Waals surface area contributed by atoms with Crippen molar-refractivity contribution in [2.45, 2.75) is 20.5 Å². The molecule has 0 atom stereocenters. The van der Waals surface area contributed by atoms with Gasteiger partial charge in [-0.15, -0.1) is 0 Å². The van der Waals surface area contributed by atoms with E-state index in [0.29, 0.717) is 34.3 Å². The van der Waals surface area contributed by atoms with Gasteiger partial charge in [-0.25, -0.2) is 0 Å². The Morgan fingerprint density at radius 3 is 2.25 bits per heavy atom. The van der Waals surface area contributed by atoms with E-state index in [1.807, 2.05) is 62.4 Å². The number of carbonyl (C=O) groups excluding carboxylic acids is 2. The van der Waals surface area contributed by atoms with E-state index in [1.165, 1.54) is 10.5 Å². The van der Waals surface area contributed by atoms with Crippen molar-refractivity contribution >= 4 is 44.9 Å².